The Labute approximate surface area is 183 Å². The lowest BCUT2D eigenvalue weighted by atomic mass is 9.98. The van der Waals surface area contributed by atoms with Crippen LogP contribution >= 0.6 is 0 Å². The summed E-state index contributed by atoms with van der Waals surface area (Å²) in [5.41, 5.74) is 7.52. The molecular weight excluding hydrogens is 408 g/mol. The highest BCUT2D eigenvalue weighted by atomic mass is 16.5. The number of fused-ring (bicyclic) bond motifs is 2. The maximum Gasteiger partial charge on any atom is 0.229 e. The second-order valence-electron chi connectivity index (χ2n) is 7.74. The van der Waals surface area contributed by atoms with Crippen LogP contribution in [0, 0.1) is 11.3 Å². The molecule has 0 bridgehead atoms. The van der Waals surface area contributed by atoms with Gasteiger partial charge in [-0.05, 0) is 31.0 Å². The summed E-state index contributed by atoms with van der Waals surface area (Å²) in [6.45, 7) is 0.310. The average Bonchev–Trinajstić information content (AvgIpc) is 3.52. The molecule has 4 aromatic rings. The maximum absolute atomic E-state index is 12.0. The third-order valence-electron chi connectivity index (χ3n) is 5.79. The van der Waals surface area contributed by atoms with Crippen molar-refractivity contribution in [1.29, 1.82) is 5.26 Å². The first kappa shape index (κ1) is 19.8. The zero-order valence-electron chi connectivity index (χ0n) is 17.4. The van der Waals surface area contributed by atoms with Crippen molar-refractivity contribution in [2.75, 3.05) is 19.0 Å². The molecule has 160 valence electrons. The van der Waals surface area contributed by atoms with Crippen molar-refractivity contribution < 1.29 is 13.9 Å². The number of nitriles is 1. The third-order valence-corrected chi connectivity index (χ3v) is 5.79. The molecular formula is C23H20N6O3. The first-order valence-corrected chi connectivity index (χ1v) is 10.2. The standard InChI is InChI=1S/C23H20N6O3/c1-26-20-15-11-27-19(23(5-6-23)22(25)30)10-14(15)16(12-28-20)21-29-17-9-13(31-8-2-7-24)3-4-18(17)32-21/h3-4,9-12H,2,5-6,8H2,1H3,(H2,25,30)(H,26,28). The van der Waals surface area contributed by atoms with Gasteiger partial charge in [0, 0.05) is 36.3 Å². The van der Waals surface area contributed by atoms with Gasteiger partial charge in [0.05, 0.1) is 29.2 Å². The Bertz CT molecular complexity index is 1400. The van der Waals surface area contributed by atoms with Gasteiger partial charge in [-0.1, -0.05) is 0 Å². The van der Waals surface area contributed by atoms with Crippen molar-refractivity contribution in [3.63, 3.8) is 0 Å². The second kappa shape index (κ2) is 7.50. The van der Waals surface area contributed by atoms with Crippen LogP contribution in [-0.4, -0.2) is 34.5 Å². The van der Waals surface area contributed by atoms with E-state index in [1.807, 2.05) is 12.1 Å². The first-order chi connectivity index (χ1) is 15.6. The van der Waals surface area contributed by atoms with Crippen molar-refractivity contribution in [1.82, 2.24) is 15.0 Å². The molecule has 5 rings (SSSR count). The van der Waals surface area contributed by atoms with Gasteiger partial charge < -0.3 is 20.2 Å². The van der Waals surface area contributed by atoms with Crippen molar-refractivity contribution in [3.8, 4) is 23.3 Å². The Morgan fingerprint density at radius 2 is 2.12 bits per heavy atom. The van der Waals surface area contributed by atoms with E-state index in [0.717, 1.165) is 10.8 Å². The Morgan fingerprint density at radius 3 is 2.84 bits per heavy atom. The summed E-state index contributed by atoms with van der Waals surface area (Å²) in [5.74, 6) is 1.32. The fourth-order valence-electron chi connectivity index (χ4n) is 3.85. The lowest BCUT2D eigenvalue weighted by Gasteiger charge is -2.13. The van der Waals surface area contributed by atoms with Crippen LogP contribution in [0.25, 0.3) is 33.3 Å². The largest absolute Gasteiger partial charge is 0.492 e. The van der Waals surface area contributed by atoms with Crippen LogP contribution in [0.1, 0.15) is 25.0 Å². The van der Waals surface area contributed by atoms with Crippen LogP contribution in [0.2, 0.25) is 0 Å². The van der Waals surface area contributed by atoms with Gasteiger partial charge in [0.1, 0.15) is 23.7 Å². The zero-order valence-corrected chi connectivity index (χ0v) is 17.4. The summed E-state index contributed by atoms with van der Waals surface area (Å²) in [6.07, 6.45) is 5.09. The van der Waals surface area contributed by atoms with Gasteiger partial charge in [-0.15, -0.1) is 0 Å². The number of nitrogens with zero attached hydrogens (tertiary/aromatic N) is 4. The summed E-state index contributed by atoms with van der Waals surface area (Å²) in [5, 5.41) is 13.4. The zero-order chi connectivity index (χ0) is 22.3. The van der Waals surface area contributed by atoms with Gasteiger partial charge in [0.15, 0.2) is 5.58 Å². The van der Waals surface area contributed by atoms with E-state index >= 15 is 0 Å². The fraction of sp³-hybridized carbons (Fsp3) is 0.261. The quantitative estimate of drug-likeness (QED) is 0.427. The topological polar surface area (TPSA) is 140 Å². The van der Waals surface area contributed by atoms with Crippen LogP contribution in [-0.2, 0) is 10.2 Å². The number of amides is 1. The Hall–Kier alpha value is -4.19. The Morgan fingerprint density at radius 1 is 1.28 bits per heavy atom. The number of rotatable bonds is 7. The predicted octanol–water partition coefficient (Wildman–Crippen LogP) is 3.29. The third kappa shape index (κ3) is 3.17. The molecule has 0 spiro atoms. The van der Waals surface area contributed by atoms with Crippen LogP contribution in [0.5, 0.6) is 5.75 Å². The molecule has 1 amide bonds. The molecule has 0 atom stereocenters. The highest BCUT2D eigenvalue weighted by Crippen LogP contribution is 2.48. The number of benzene rings is 1. The van der Waals surface area contributed by atoms with E-state index in [9.17, 15) is 4.79 Å². The number of carbonyl (C=O) groups is 1. The molecule has 9 nitrogen and oxygen atoms in total. The summed E-state index contributed by atoms with van der Waals surface area (Å²) in [4.78, 5) is 25.7. The molecule has 3 aromatic heterocycles. The molecule has 3 heterocycles. The smallest absolute Gasteiger partial charge is 0.229 e. The first-order valence-electron chi connectivity index (χ1n) is 10.2. The number of anilines is 1. The molecule has 1 aromatic carbocycles. The number of hydrogen-bond donors (Lipinski definition) is 2. The summed E-state index contributed by atoms with van der Waals surface area (Å²) in [6, 6.07) is 9.27. The lowest BCUT2D eigenvalue weighted by Crippen LogP contribution is -2.29. The second-order valence-corrected chi connectivity index (χ2v) is 7.74. The molecule has 0 unspecified atom stereocenters. The van der Waals surface area contributed by atoms with E-state index in [2.05, 4.69) is 20.3 Å². The van der Waals surface area contributed by atoms with Crippen molar-refractivity contribution in [3.05, 3.63) is 42.4 Å². The SMILES string of the molecule is CNc1ncc(-c2nc3cc(OCCC#N)ccc3o2)c2cc(C3(C(N)=O)CC3)ncc12. The predicted molar refractivity (Wildman–Crippen MR) is 118 cm³/mol. The van der Waals surface area contributed by atoms with E-state index in [0.29, 0.717) is 65.7 Å². The normalized spacial score (nSPS) is 14.2. The number of nitrogens with two attached hydrogens (primary N) is 1. The number of pyridine rings is 2. The Kier molecular flexibility index (Phi) is 4.63. The van der Waals surface area contributed by atoms with Crippen molar-refractivity contribution in [2.24, 2.45) is 5.73 Å². The summed E-state index contributed by atoms with van der Waals surface area (Å²) < 4.78 is 11.6. The van der Waals surface area contributed by atoms with Gasteiger partial charge in [0.25, 0.3) is 0 Å². The lowest BCUT2D eigenvalue weighted by molar-refractivity contribution is -0.120. The number of primary amides is 1. The average molecular weight is 428 g/mol. The van der Waals surface area contributed by atoms with E-state index < -0.39 is 5.41 Å². The highest BCUT2D eigenvalue weighted by molar-refractivity contribution is 6.01. The Balaban J connectivity index is 1.62. The van der Waals surface area contributed by atoms with Crippen molar-refractivity contribution in [2.45, 2.75) is 24.7 Å². The summed E-state index contributed by atoms with van der Waals surface area (Å²) in [7, 11) is 1.79. The molecule has 9 heteroatoms. The number of aromatic nitrogens is 3. The van der Waals surface area contributed by atoms with Gasteiger partial charge in [0.2, 0.25) is 11.8 Å². The van der Waals surface area contributed by atoms with Crippen LogP contribution in [0.4, 0.5) is 5.82 Å². The van der Waals surface area contributed by atoms with E-state index in [1.165, 1.54) is 0 Å². The fourth-order valence-corrected chi connectivity index (χ4v) is 3.85. The molecule has 1 aliphatic carbocycles. The molecule has 1 fully saturated rings. The molecule has 3 N–H and O–H groups in total. The van der Waals surface area contributed by atoms with Gasteiger partial charge in [-0.2, -0.15) is 5.26 Å². The number of nitrogens with one attached hydrogen (secondary N) is 1. The minimum atomic E-state index is -0.703. The molecule has 1 saturated carbocycles. The van der Waals surface area contributed by atoms with E-state index in [1.54, 1.807) is 37.6 Å². The number of hydrogen-bond acceptors (Lipinski definition) is 8. The van der Waals surface area contributed by atoms with Crippen molar-refractivity contribution >= 4 is 33.6 Å². The van der Waals surface area contributed by atoms with Gasteiger partial charge >= 0.3 is 0 Å². The van der Waals surface area contributed by atoms with E-state index in [-0.39, 0.29) is 5.91 Å². The van der Waals surface area contributed by atoms with E-state index in [4.69, 9.17) is 20.1 Å². The molecule has 0 saturated heterocycles. The monoisotopic (exact) mass is 428 g/mol. The number of ether oxygens (including phenoxy) is 1. The minimum Gasteiger partial charge on any atom is -0.492 e. The number of carbonyl (C=O) groups excluding carboxylic acids is 1. The van der Waals surface area contributed by atoms with Crippen LogP contribution in [0.15, 0.2) is 41.1 Å². The summed E-state index contributed by atoms with van der Waals surface area (Å²) >= 11 is 0. The molecule has 32 heavy (non-hydrogen) atoms. The van der Waals surface area contributed by atoms with Gasteiger partial charge in [-0.3, -0.25) is 9.78 Å². The van der Waals surface area contributed by atoms with Crippen LogP contribution in [0.3, 0.4) is 0 Å². The highest BCUT2D eigenvalue weighted by Gasteiger charge is 2.51. The minimum absolute atomic E-state index is 0.306. The van der Waals surface area contributed by atoms with Crippen LogP contribution < -0.4 is 15.8 Å². The molecule has 1 aliphatic rings. The molecule has 0 aliphatic heterocycles. The maximum atomic E-state index is 12.0. The number of oxazole rings is 1. The van der Waals surface area contributed by atoms with Gasteiger partial charge in [-0.25, -0.2) is 9.97 Å². The molecule has 0 radical (unpaired) electrons.